The van der Waals surface area contributed by atoms with Crippen LogP contribution < -0.4 is 0 Å². The first-order chi connectivity index (χ1) is 8.70. The molecule has 0 heterocycles. The Hall–Kier alpha value is -1.60. The van der Waals surface area contributed by atoms with Crippen molar-refractivity contribution in [3.8, 4) is 11.1 Å². The lowest BCUT2D eigenvalue weighted by Crippen LogP contribution is -1.94. The Morgan fingerprint density at radius 3 is 2.22 bits per heavy atom. The third kappa shape index (κ3) is 2.99. The fraction of sp³-hybridized carbons (Fsp3) is 0.294. The van der Waals surface area contributed by atoms with Crippen LogP contribution in [-0.4, -0.2) is 5.11 Å². The van der Waals surface area contributed by atoms with Gasteiger partial charge in [0.25, 0.3) is 0 Å². The highest BCUT2D eigenvalue weighted by Crippen LogP contribution is 2.24. The lowest BCUT2D eigenvalue weighted by atomic mass is 9.97. The zero-order chi connectivity index (χ0) is 13.0. The van der Waals surface area contributed by atoms with E-state index in [0.717, 1.165) is 17.5 Å². The van der Waals surface area contributed by atoms with Crippen molar-refractivity contribution in [3.63, 3.8) is 0 Å². The molecule has 0 radical (unpaired) electrons. The molecule has 0 bridgehead atoms. The number of aliphatic hydroxyl groups excluding tert-OH is 1. The van der Waals surface area contributed by atoms with Gasteiger partial charge in [0.2, 0.25) is 0 Å². The van der Waals surface area contributed by atoms with E-state index in [1.165, 1.54) is 11.1 Å². The maximum Gasteiger partial charge on any atom is 0.0687 e. The largest absolute Gasteiger partial charge is 0.392 e. The van der Waals surface area contributed by atoms with Gasteiger partial charge in [0, 0.05) is 0 Å². The zero-order valence-electron chi connectivity index (χ0n) is 11.1. The SMILES string of the molecule is CC(C)Cc1ccc(-c2ccccc2CO)cc1. The molecule has 94 valence electrons. The molecule has 18 heavy (non-hydrogen) atoms. The van der Waals surface area contributed by atoms with Crippen LogP contribution in [0.3, 0.4) is 0 Å². The van der Waals surface area contributed by atoms with Crippen LogP contribution in [0.4, 0.5) is 0 Å². The van der Waals surface area contributed by atoms with E-state index in [1.54, 1.807) is 0 Å². The maximum absolute atomic E-state index is 9.35. The molecule has 0 aromatic heterocycles. The fourth-order valence-electron chi connectivity index (χ4n) is 2.23. The van der Waals surface area contributed by atoms with Gasteiger partial charge in [0.15, 0.2) is 0 Å². The Balaban J connectivity index is 2.28. The normalized spacial score (nSPS) is 10.9. The Bertz CT molecular complexity index is 497. The summed E-state index contributed by atoms with van der Waals surface area (Å²) in [5, 5.41) is 9.35. The van der Waals surface area contributed by atoms with Gasteiger partial charge in [-0.15, -0.1) is 0 Å². The lowest BCUT2D eigenvalue weighted by Gasteiger charge is -2.09. The van der Waals surface area contributed by atoms with E-state index in [2.05, 4.69) is 44.2 Å². The molecular formula is C17H20O. The van der Waals surface area contributed by atoms with Gasteiger partial charge in [-0.1, -0.05) is 62.4 Å². The maximum atomic E-state index is 9.35. The first-order valence-corrected chi connectivity index (χ1v) is 6.49. The average molecular weight is 240 g/mol. The second-order valence-corrected chi connectivity index (χ2v) is 5.11. The summed E-state index contributed by atoms with van der Waals surface area (Å²) in [6.45, 7) is 4.55. The van der Waals surface area contributed by atoms with Crippen LogP contribution in [0.25, 0.3) is 11.1 Å². The van der Waals surface area contributed by atoms with Crippen molar-refractivity contribution in [1.29, 1.82) is 0 Å². The monoisotopic (exact) mass is 240 g/mol. The Kier molecular flexibility index (Phi) is 4.16. The molecule has 0 fully saturated rings. The molecule has 2 aromatic rings. The minimum Gasteiger partial charge on any atom is -0.392 e. The second-order valence-electron chi connectivity index (χ2n) is 5.11. The molecule has 0 aliphatic rings. The molecule has 0 saturated carbocycles. The van der Waals surface area contributed by atoms with Crippen LogP contribution >= 0.6 is 0 Å². The molecule has 0 saturated heterocycles. The first-order valence-electron chi connectivity index (χ1n) is 6.49. The Labute approximate surface area is 109 Å². The summed E-state index contributed by atoms with van der Waals surface area (Å²) in [4.78, 5) is 0. The van der Waals surface area contributed by atoms with Crippen molar-refractivity contribution >= 4 is 0 Å². The number of rotatable bonds is 4. The van der Waals surface area contributed by atoms with Crippen molar-refractivity contribution in [1.82, 2.24) is 0 Å². The van der Waals surface area contributed by atoms with E-state index < -0.39 is 0 Å². The van der Waals surface area contributed by atoms with Crippen molar-refractivity contribution in [2.75, 3.05) is 0 Å². The molecule has 0 aliphatic carbocycles. The predicted molar refractivity (Wildman–Crippen MR) is 76.3 cm³/mol. The molecule has 2 aromatic carbocycles. The van der Waals surface area contributed by atoms with Gasteiger partial charge in [-0.05, 0) is 34.6 Å². The highest BCUT2D eigenvalue weighted by atomic mass is 16.3. The van der Waals surface area contributed by atoms with Crippen molar-refractivity contribution in [2.24, 2.45) is 5.92 Å². The topological polar surface area (TPSA) is 20.2 Å². The zero-order valence-corrected chi connectivity index (χ0v) is 11.1. The van der Waals surface area contributed by atoms with Crippen LogP contribution in [0, 0.1) is 5.92 Å². The number of hydrogen-bond donors (Lipinski definition) is 1. The molecule has 0 atom stereocenters. The van der Waals surface area contributed by atoms with Crippen LogP contribution in [-0.2, 0) is 13.0 Å². The van der Waals surface area contributed by atoms with Gasteiger partial charge >= 0.3 is 0 Å². The van der Waals surface area contributed by atoms with Gasteiger partial charge in [0.1, 0.15) is 0 Å². The molecule has 0 unspecified atom stereocenters. The molecular weight excluding hydrogens is 220 g/mol. The highest BCUT2D eigenvalue weighted by Gasteiger charge is 2.04. The fourth-order valence-corrected chi connectivity index (χ4v) is 2.23. The van der Waals surface area contributed by atoms with Gasteiger partial charge in [-0.25, -0.2) is 0 Å². The summed E-state index contributed by atoms with van der Waals surface area (Å²) in [7, 11) is 0. The van der Waals surface area contributed by atoms with Crippen molar-refractivity contribution in [2.45, 2.75) is 26.9 Å². The Morgan fingerprint density at radius 2 is 1.61 bits per heavy atom. The van der Waals surface area contributed by atoms with E-state index in [-0.39, 0.29) is 6.61 Å². The van der Waals surface area contributed by atoms with Gasteiger partial charge in [-0.2, -0.15) is 0 Å². The molecule has 0 amide bonds. The Morgan fingerprint density at radius 1 is 0.944 bits per heavy atom. The lowest BCUT2D eigenvalue weighted by molar-refractivity contribution is 0.282. The van der Waals surface area contributed by atoms with E-state index >= 15 is 0 Å². The number of hydrogen-bond acceptors (Lipinski definition) is 1. The van der Waals surface area contributed by atoms with Crippen LogP contribution in [0.1, 0.15) is 25.0 Å². The smallest absolute Gasteiger partial charge is 0.0687 e. The van der Waals surface area contributed by atoms with Gasteiger partial charge in [0.05, 0.1) is 6.61 Å². The summed E-state index contributed by atoms with van der Waals surface area (Å²) in [5.74, 6) is 0.681. The summed E-state index contributed by atoms with van der Waals surface area (Å²) in [5.41, 5.74) is 4.65. The highest BCUT2D eigenvalue weighted by molar-refractivity contribution is 5.67. The summed E-state index contributed by atoms with van der Waals surface area (Å²) >= 11 is 0. The van der Waals surface area contributed by atoms with Crippen molar-refractivity contribution < 1.29 is 5.11 Å². The molecule has 2 rings (SSSR count). The molecule has 1 nitrogen and oxygen atoms in total. The van der Waals surface area contributed by atoms with Crippen LogP contribution in [0.2, 0.25) is 0 Å². The summed E-state index contributed by atoms with van der Waals surface area (Å²) in [6, 6.07) is 16.7. The third-order valence-corrected chi connectivity index (χ3v) is 3.10. The molecule has 0 aliphatic heterocycles. The summed E-state index contributed by atoms with van der Waals surface area (Å²) in [6.07, 6.45) is 1.11. The van der Waals surface area contributed by atoms with Gasteiger partial charge < -0.3 is 5.11 Å². The van der Waals surface area contributed by atoms with Crippen LogP contribution in [0.15, 0.2) is 48.5 Å². The predicted octanol–water partition coefficient (Wildman–Crippen LogP) is 4.04. The van der Waals surface area contributed by atoms with Gasteiger partial charge in [-0.3, -0.25) is 0 Å². The minimum absolute atomic E-state index is 0.0872. The molecule has 1 N–H and O–H groups in total. The van der Waals surface area contributed by atoms with E-state index in [4.69, 9.17) is 0 Å². The molecule has 1 heteroatoms. The molecule has 0 spiro atoms. The average Bonchev–Trinajstić information content (AvgIpc) is 2.39. The van der Waals surface area contributed by atoms with E-state index in [0.29, 0.717) is 5.92 Å². The standard InChI is InChI=1S/C17H20O/c1-13(2)11-14-7-9-15(10-8-14)17-6-4-3-5-16(17)12-18/h3-10,13,18H,11-12H2,1-2H3. The van der Waals surface area contributed by atoms with Crippen molar-refractivity contribution in [3.05, 3.63) is 59.7 Å². The van der Waals surface area contributed by atoms with E-state index in [9.17, 15) is 5.11 Å². The third-order valence-electron chi connectivity index (χ3n) is 3.10. The number of aliphatic hydroxyl groups is 1. The second kappa shape index (κ2) is 5.83. The van der Waals surface area contributed by atoms with Crippen LogP contribution in [0.5, 0.6) is 0 Å². The minimum atomic E-state index is 0.0872. The summed E-state index contributed by atoms with van der Waals surface area (Å²) < 4.78 is 0. The first kappa shape index (κ1) is 12.8. The number of benzene rings is 2. The quantitative estimate of drug-likeness (QED) is 0.855. The van der Waals surface area contributed by atoms with E-state index in [1.807, 2.05) is 18.2 Å².